The van der Waals surface area contributed by atoms with Crippen LogP contribution in [0, 0.1) is 0 Å². The lowest BCUT2D eigenvalue weighted by Gasteiger charge is -2.24. The van der Waals surface area contributed by atoms with Gasteiger partial charge in [-0.1, -0.05) is 254 Å². The molecule has 0 aromatic rings. The van der Waals surface area contributed by atoms with Crippen molar-refractivity contribution in [2.75, 3.05) is 6.61 Å². The normalized spacial score (nSPS) is 13.7. The molecule has 0 saturated carbocycles. The van der Waals surface area contributed by atoms with Gasteiger partial charge in [0.15, 0.2) is 0 Å². The zero-order chi connectivity index (χ0) is 48.1. The largest absolute Gasteiger partial charge is 0.462 e. The Morgan fingerprint density at radius 2 is 0.879 bits per heavy atom. The zero-order valence-corrected chi connectivity index (χ0v) is 43.6. The number of rotatable bonds is 50. The van der Waals surface area contributed by atoms with Crippen LogP contribution in [0.4, 0.5) is 0 Å². The Morgan fingerprint density at radius 3 is 1.39 bits per heavy atom. The first-order valence-electron chi connectivity index (χ1n) is 28.2. The maximum absolute atomic E-state index is 13.3. The van der Waals surface area contributed by atoms with E-state index in [1.165, 1.54) is 128 Å². The Morgan fingerprint density at radius 1 is 0.470 bits per heavy atom. The summed E-state index contributed by atoms with van der Waals surface area (Å²) in [7, 11) is 0. The first kappa shape index (κ1) is 63.3. The lowest BCUT2D eigenvalue weighted by Crippen LogP contribution is -2.46. The summed E-state index contributed by atoms with van der Waals surface area (Å²) in [4.78, 5) is 26.3. The molecule has 0 aliphatic heterocycles. The Labute approximate surface area is 409 Å². The third kappa shape index (κ3) is 47.8. The molecule has 3 unspecified atom stereocenters. The molecule has 0 rings (SSSR count). The lowest BCUT2D eigenvalue weighted by molar-refractivity contribution is -0.151. The zero-order valence-electron chi connectivity index (χ0n) is 43.6. The molecule has 0 spiro atoms. The van der Waals surface area contributed by atoms with Crippen LogP contribution in [0.1, 0.15) is 271 Å². The number of aliphatic hydroxyl groups excluding tert-OH is 2. The fourth-order valence-electron chi connectivity index (χ4n) is 8.35. The van der Waals surface area contributed by atoms with Gasteiger partial charge in [-0.25, -0.2) is 0 Å². The van der Waals surface area contributed by atoms with E-state index < -0.39 is 18.2 Å². The second kappa shape index (κ2) is 53.3. The van der Waals surface area contributed by atoms with Crippen LogP contribution in [0.3, 0.4) is 0 Å². The average molecular weight is 923 g/mol. The van der Waals surface area contributed by atoms with Crippen molar-refractivity contribution < 1.29 is 24.5 Å². The first-order chi connectivity index (χ1) is 32.5. The van der Waals surface area contributed by atoms with Gasteiger partial charge in [0.25, 0.3) is 0 Å². The minimum Gasteiger partial charge on any atom is -0.462 e. The van der Waals surface area contributed by atoms with E-state index in [0.717, 1.165) is 96.3 Å². The van der Waals surface area contributed by atoms with Crippen LogP contribution in [0.15, 0.2) is 72.9 Å². The van der Waals surface area contributed by atoms with E-state index >= 15 is 0 Å². The van der Waals surface area contributed by atoms with Crippen LogP contribution in [0.25, 0.3) is 0 Å². The van der Waals surface area contributed by atoms with E-state index in [9.17, 15) is 19.8 Å². The van der Waals surface area contributed by atoms with Gasteiger partial charge in [-0.05, 0) is 77.0 Å². The van der Waals surface area contributed by atoms with Crippen molar-refractivity contribution in [3.8, 4) is 0 Å². The van der Waals surface area contributed by atoms with Gasteiger partial charge >= 0.3 is 5.97 Å². The fourth-order valence-corrected chi connectivity index (χ4v) is 8.35. The summed E-state index contributed by atoms with van der Waals surface area (Å²) < 4.78 is 5.95. The number of unbranched alkanes of at least 4 members (excludes halogenated alkanes) is 29. The van der Waals surface area contributed by atoms with Gasteiger partial charge in [0.05, 0.1) is 25.2 Å². The molecule has 0 aliphatic rings. The van der Waals surface area contributed by atoms with Gasteiger partial charge in [0, 0.05) is 6.42 Å². The van der Waals surface area contributed by atoms with Gasteiger partial charge in [-0.15, -0.1) is 0 Å². The van der Waals surface area contributed by atoms with Gasteiger partial charge in [0.1, 0.15) is 6.10 Å². The molecule has 0 aromatic carbocycles. The lowest BCUT2D eigenvalue weighted by atomic mass is 10.0. The molecule has 6 heteroatoms. The van der Waals surface area contributed by atoms with E-state index in [-0.39, 0.29) is 24.9 Å². The van der Waals surface area contributed by atoms with Crippen molar-refractivity contribution in [3.63, 3.8) is 0 Å². The smallest absolute Gasteiger partial charge is 0.306 e. The highest BCUT2D eigenvalue weighted by Crippen LogP contribution is 2.18. The van der Waals surface area contributed by atoms with E-state index in [4.69, 9.17) is 4.74 Å². The molecule has 6 nitrogen and oxygen atoms in total. The quantitative estimate of drug-likeness (QED) is 0.0244. The molecule has 0 saturated heterocycles. The number of allylic oxidation sites excluding steroid dienone is 12. The molecule has 3 atom stereocenters. The topological polar surface area (TPSA) is 95.9 Å². The molecular weight excluding hydrogens is 815 g/mol. The second-order valence-corrected chi connectivity index (χ2v) is 19.0. The first-order valence-corrected chi connectivity index (χ1v) is 28.2. The molecule has 0 bridgehead atoms. The summed E-state index contributed by atoms with van der Waals surface area (Å²) in [6.45, 7) is 6.33. The predicted molar refractivity (Wildman–Crippen MR) is 287 cm³/mol. The van der Waals surface area contributed by atoms with E-state index in [0.29, 0.717) is 19.3 Å². The van der Waals surface area contributed by atoms with Crippen LogP contribution in [0.5, 0.6) is 0 Å². The third-order valence-electron chi connectivity index (χ3n) is 12.6. The van der Waals surface area contributed by atoms with Gasteiger partial charge < -0.3 is 20.3 Å². The second-order valence-electron chi connectivity index (χ2n) is 19.0. The molecule has 0 fully saturated rings. The Bertz CT molecular complexity index is 1220. The number of nitrogens with one attached hydrogen (secondary N) is 1. The Balaban J connectivity index is 4.62. The highest BCUT2D eigenvalue weighted by Gasteiger charge is 2.24. The highest BCUT2D eigenvalue weighted by molar-refractivity contribution is 5.77. The standard InChI is InChI=1S/C60H107NO5/c1-4-7-10-13-16-19-22-25-28-29-32-33-36-39-42-45-48-51-56(66-60(65)53-50-47-44-41-38-35-31-27-24-21-18-15-12-9-6-3)54-59(64)61-57(55-62)58(63)52-49-46-43-40-37-34-30-26-23-20-17-14-11-8-5-2/h9,12,15-16,18-19,21,24-25,27-28,31,56-58,62-63H,4-8,10-11,13-14,17,20,22-23,26,29-30,32-55H2,1-3H3,(H,61,64)/b12-9+,18-15+,19-16-,24-21+,28-25-,31-27-. The minimum atomic E-state index is -0.798. The van der Waals surface area contributed by atoms with E-state index in [1.807, 2.05) is 18.2 Å². The van der Waals surface area contributed by atoms with Crippen LogP contribution in [0.2, 0.25) is 0 Å². The SMILES string of the molecule is CC/C=C/C=C/C=C/C=C\CCCCCCCC(=O)OC(CCCCCCCCC/C=C\C/C=C\CCCCC)CC(=O)NC(CO)C(O)CCCCCCCCCCCCCCCCC. The van der Waals surface area contributed by atoms with E-state index in [2.05, 4.69) is 80.8 Å². The number of aliphatic hydroxyl groups is 2. The van der Waals surface area contributed by atoms with Crippen molar-refractivity contribution in [2.45, 2.75) is 289 Å². The number of amides is 1. The average Bonchev–Trinajstić information content (AvgIpc) is 3.31. The van der Waals surface area contributed by atoms with Crippen molar-refractivity contribution in [2.24, 2.45) is 0 Å². The van der Waals surface area contributed by atoms with Crippen LogP contribution in [-0.4, -0.2) is 46.9 Å². The van der Waals surface area contributed by atoms with Crippen molar-refractivity contribution in [3.05, 3.63) is 72.9 Å². The van der Waals surface area contributed by atoms with E-state index in [1.54, 1.807) is 0 Å². The summed E-state index contributed by atoms with van der Waals surface area (Å²) in [5.41, 5.74) is 0. The minimum absolute atomic E-state index is 0.0605. The van der Waals surface area contributed by atoms with Crippen LogP contribution < -0.4 is 5.32 Å². The predicted octanol–water partition coefficient (Wildman–Crippen LogP) is 17.3. The highest BCUT2D eigenvalue weighted by atomic mass is 16.5. The summed E-state index contributed by atoms with van der Waals surface area (Å²) in [5, 5.41) is 23.9. The number of hydrogen-bond acceptors (Lipinski definition) is 5. The van der Waals surface area contributed by atoms with Gasteiger partial charge in [-0.2, -0.15) is 0 Å². The Kier molecular flexibility index (Phi) is 51.1. The number of ether oxygens (including phenoxy) is 1. The van der Waals surface area contributed by atoms with Crippen molar-refractivity contribution in [1.29, 1.82) is 0 Å². The summed E-state index contributed by atoms with van der Waals surface area (Å²) >= 11 is 0. The molecule has 382 valence electrons. The maximum Gasteiger partial charge on any atom is 0.306 e. The molecule has 0 heterocycles. The van der Waals surface area contributed by atoms with Gasteiger partial charge in [0.2, 0.25) is 5.91 Å². The number of hydrogen-bond donors (Lipinski definition) is 3. The number of carbonyl (C=O) groups is 2. The molecule has 3 N–H and O–H groups in total. The summed E-state index contributed by atoms with van der Waals surface area (Å²) in [5.74, 6) is -0.504. The Hall–Kier alpha value is -2.70. The summed E-state index contributed by atoms with van der Waals surface area (Å²) in [6, 6.07) is -0.713. The van der Waals surface area contributed by atoms with Crippen molar-refractivity contribution in [1.82, 2.24) is 5.32 Å². The van der Waals surface area contributed by atoms with Crippen LogP contribution in [-0.2, 0) is 14.3 Å². The monoisotopic (exact) mass is 922 g/mol. The number of esters is 1. The van der Waals surface area contributed by atoms with Gasteiger partial charge in [-0.3, -0.25) is 9.59 Å². The molecule has 0 aliphatic carbocycles. The fraction of sp³-hybridized carbons (Fsp3) is 0.767. The third-order valence-corrected chi connectivity index (χ3v) is 12.6. The molecular formula is C60H107NO5. The molecule has 0 aromatic heterocycles. The summed E-state index contributed by atoms with van der Waals surface area (Å²) in [6.07, 6.45) is 68.1. The van der Waals surface area contributed by atoms with Crippen molar-refractivity contribution >= 4 is 11.9 Å². The maximum atomic E-state index is 13.3. The molecule has 66 heavy (non-hydrogen) atoms. The molecule has 1 amide bonds. The van der Waals surface area contributed by atoms with Crippen LogP contribution >= 0.6 is 0 Å². The number of carbonyl (C=O) groups excluding carboxylic acids is 2. The molecule has 0 radical (unpaired) electrons.